The van der Waals surface area contributed by atoms with Gasteiger partial charge in [0.25, 0.3) is 10.0 Å². The van der Waals surface area contributed by atoms with Gasteiger partial charge in [0.1, 0.15) is 0 Å². The average Bonchev–Trinajstić information content (AvgIpc) is 2.44. The zero-order chi connectivity index (χ0) is 14.8. The van der Waals surface area contributed by atoms with E-state index in [1.165, 1.54) is 18.2 Å². The van der Waals surface area contributed by atoms with Gasteiger partial charge in [-0.3, -0.25) is 4.31 Å². The molecule has 0 aliphatic heterocycles. The Morgan fingerprint density at radius 2 is 1.65 bits per heavy atom. The Hall–Kier alpha value is -1.95. The highest BCUT2D eigenvalue weighted by atomic mass is 32.2. The van der Waals surface area contributed by atoms with Gasteiger partial charge in [-0.25, -0.2) is 17.2 Å². The van der Waals surface area contributed by atoms with Gasteiger partial charge in [-0.1, -0.05) is 18.2 Å². The lowest BCUT2D eigenvalue weighted by Crippen LogP contribution is -2.30. The average molecular weight is 297 g/mol. The summed E-state index contributed by atoms with van der Waals surface area (Å²) in [6, 6.07) is 10.8. The van der Waals surface area contributed by atoms with Crippen LogP contribution in [0.4, 0.5) is 14.5 Å². The Bertz CT molecular complexity index is 702. The summed E-state index contributed by atoms with van der Waals surface area (Å²) in [5.74, 6) is -2.09. The molecule has 2 aromatic rings. The third-order valence-corrected chi connectivity index (χ3v) is 4.73. The van der Waals surface area contributed by atoms with Crippen LogP contribution >= 0.6 is 0 Å². The van der Waals surface area contributed by atoms with Crippen molar-refractivity contribution in [2.24, 2.45) is 0 Å². The van der Waals surface area contributed by atoms with E-state index in [-0.39, 0.29) is 17.1 Å². The number of sulfonamides is 1. The van der Waals surface area contributed by atoms with E-state index < -0.39 is 21.7 Å². The molecule has 2 rings (SSSR count). The number of benzene rings is 2. The first-order valence-electron chi connectivity index (χ1n) is 5.99. The summed E-state index contributed by atoms with van der Waals surface area (Å²) in [7, 11) is -3.79. The molecule has 2 aromatic carbocycles. The van der Waals surface area contributed by atoms with Crippen LogP contribution in [0.5, 0.6) is 0 Å². The lowest BCUT2D eigenvalue weighted by atomic mass is 10.3. The van der Waals surface area contributed by atoms with Crippen LogP contribution < -0.4 is 4.31 Å². The Morgan fingerprint density at radius 3 is 2.20 bits per heavy atom. The monoisotopic (exact) mass is 297 g/mol. The standard InChI is InChI=1S/C14H13F2NO2S/c1-2-17(11-8-9-13(15)14(16)10-11)20(18,19)12-6-4-3-5-7-12/h3-10H,2H2,1H3. The zero-order valence-corrected chi connectivity index (χ0v) is 11.6. The van der Waals surface area contributed by atoms with Crippen LogP contribution in [-0.2, 0) is 10.0 Å². The predicted molar refractivity (Wildman–Crippen MR) is 73.0 cm³/mol. The first kappa shape index (κ1) is 14.5. The number of halogens is 2. The van der Waals surface area contributed by atoms with Crippen molar-refractivity contribution in [2.45, 2.75) is 11.8 Å². The Morgan fingerprint density at radius 1 is 1.00 bits per heavy atom. The number of anilines is 1. The molecular formula is C14H13F2NO2S. The van der Waals surface area contributed by atoms with Crippen LogP contribution in [0.25, 0.3) is 0 Å². The summed E-state index contributed by atoms with van der Waals surface area (Å²) in [5, 5.41) is 0. The van der Waals surface area contributed by atoms with Crippen LogP contribution in [0.3, 0.4) is 0 Å². The minimum absolute atomic E-state index is 0.0928. The zero-order valence-electron chi connectivity index (χ0n) is 10.8. The first-order chi connectivity index (χ1) is 9.46. The number of rotatable bonds is 4. The van der Waals surface area contributed by atoms with Crippen LogP contribution in [0.15, 0.2) is 53.4 Å². The SMILES string of the molecule is CCN(c1ccc(F)c(F)c1)S(=O)(=O)c1ccccc1. The second kappa shape index (κ2) is 5.58. The molecule has 0 heterocycles. The Labute approximate surface area is 116 Å². The third kappa shape index (κ3) is 2.65. The highest BCUT2D eigenvalue weighted by Crippen LogP contribution is 2.24. The van der Waals surface area contributed by atoms with E-state index in [2.05, 4.69) is 0 Å². The van der Waals surface area contributed by atoms with Crippen molar-refractivity contribution < 1.29 is 17.2 Å². The largest absolute Gasteiger partial charge is 0.267 e. The van der Waals surface area contributed by atoms with Crippen LogP contribution in [0.1, 0.15) is 6.92 Å². The van der Waals surface area contributed by atoms with E-state index in [9.17, 15) is 17.2 Å². The summed E-state index contributed by atoms with van der Waals surface area (Å²) in [4.78, 5) is 0.103. The van der Waals surface area contributed by atoms with Crippen molar-refractivity contribution in [3.05, 3.63) is 60.2 Å². The quantitative estimate of drug-likeness (QED) is 0.869. The van der Waals surface area contributed by atoms with Gasteiger partial charge < -0.3 is 0 Å². The topological polar surface area (TPSA) is 37.4 Å². The van der Waals surface area contributed by atoms with Crippen molar-refractivity contribution >= 4 is 15.7 Å². The van der Waals surface area contributed by atoms with Gasteiger partial charge in [0.05, 0.1) is 10.6 Å². The minimum atomic E-state index is -3.79. The smallest absolute Gasteiger partial charge is 0.264 e. The minimum Gasteiger partial charge on any atom is -0.267 e. The molecule has 0 saturated carbocycles. The molecule has 0 unspecified atom stereocenters. The van der Waals surface area contributed by atoms with Crippen molar-refractivity contribution in [2.75, 3.05) is 10.8 Å². The fraction of sp³-hybridized carbons (Fsp3) is 0.143. The molecular weight excluding hydrogens is 284 g/mol. The fourth-order valence-electron chi connectivity index (χ4n) is 1.85. The van der Waals surface area contributed by atoms with Gasteiger partial charge in [-0.2, -0.15) is 0 Å². The molecule has 6 heteroatoms. The van der Waals surface area contributed by atoms with E-state index >= 15 is 0 Å². The highest BCUT2D eigenvalue weighted by molar-refractivity contribution is 7.92. The summed E-state index contributed by atoms with van der Waals surface area (Å²) in [6.07, 6.45) is 0. The van der Waals surface area contributed by atoms with Gasteiger partial charge >= 0.3 is 0 Å². The second-order valence-corrected chi connectivity index (χ2v) is 5.94. The first-order valence-corrected chi connectivity index (χ1v) is 7.43. The Kier molecular flexibility index (Phi) is 4.04. The molecule has 20 heavy (non-hydrogen) atoms. The molecule has 0 bridgehead atoms. The molecule has 0 saturated heterocycles. The number of hydrogen-bond donors (Lipinski definition) is 0. The summed E-state index contributed by atoms with van der Waals surface area (Å²) >= 11 is 0. The molecule has 0 radical (unpaired) electrons. The summed E-state index contributed by atoms with van der Waals surface area (Å²) < 4.78 is 52.2. The van der Waals surface area contributed by atoms with Crippen LogP contribution in [-0.4, -0.2) is 15.0 Å². The molecule has 0 amide bonds. The van der Waals surface area contributed by atoms with E-state index in [0.717, 1.165) is 16.4 Å². The molecule has 0 aromatic heterocycles. The third-order valence-electron chi connectivity index (χ3n) is 2.81. The second-order valence-electron chi connectivity index (χ2n) is 4.08. The van der Waals surface area contributed by atoms with E-state index in [4.69, 9.17) is 0 Å². The van der Waals surface area contributed by atoms with Gasteiger partial charge in [0.15, 0.2) is 11.6 Å². The predicted octanol–water partition coefficient (Wildman–Crippen LogP) is 3.18. The van der Waals surface area contributed by atoms with Gasteiger partial charge in [0, 0.05) is 12.6 Å². The molecule has 0 fully saturated rings. The van der Waals surface area contributed by atoms with Gasteiger partial charge in [-0.05, 0) is 31.2 Å². The van der Waals surface area contributed by atoms with Crippen molar-refractivity contribution in [1.82, 2.24) is 0 Å². The van der Waals surface area contributed by atoms with E-state index in [1.54, 1.807) is 25.1 Å². The molecule has 0 N–H and O–H groups in total. The maximum Gasteiger partial charge on any atom is 0.264 e. The number of nitrogens with zero attached hydrogens (tertiary/aromatic N) is 1. The lowest BCUT2D eigenvalue weighted by molar-refractivity contribution is 0.508. The summed E-state index contributed by atoms with van der Waals surface area (Å²) in [6.45, 7) is 1.74. The highest BCUT2D eigenvalue weighted by Gasteiger charge is 2.23. The van der Waals surface area contributed by atoms with E-state index in [1.807, 2.05) is 0 Å². The number of hydrogen-bond acceptors (Lipinski definition) is 2. The molecule has 3 nitrogen and oxygen atoms in total. The van der Waals surface area contributed by atoms with Crippen LogP contribution in [0.2, 0.25) is 0 Å². The van der Waals surface area contributed by atoms with Gasteiger partial charge in [-0.15, -0.1) is 0 Å². The normalized spacial score (nSPS) is 11.3. The van der Waals surface area contributed by atoms with Crippen molar-refractivity contribution in [3.8, 4) is 0 Å². The lowest BCUT2D eigenvalue weighted by Gasteiger charge is -2.23. The van der Waals surface area contributed by atoms with Crippen molar-refractivity contribution in [1.29, 1.82) is 0 Å². The molecule has 0 aliphatic rings. The van der Waals surface area contributed by atoms with Gasteiger partial charge in [0.2, 0.25) is 0 Å². The fourth-order valence-corrected chi connectivity index (χ4v) is 3.34. The van der Waals surface area contributed by atoms with E-state index in [0.29, 0.717) is 0 Å². The maximum atomic E-state index is 13.3. The van der Waals surface area contributed by atoms with Crippen LogP contribution in [0, 0.1) is 11.6 Å². The maximum absolute atomic E-state index is 13.3. The molecule has 0 spiro atoms. The molecule has 0 atom stereocenters. The molecule has 0 aliphatic carbocycles. The summed E-state index contributed by atoms with van der Waals surface area (Å²) in [5.41, 5.74) is 0.0928. The molecule has 106 valence electrons. The van der Waals surface area contributed by atoms with Crippen molar-refractivity contribution in [3.63, 3.8) is 0 Å². The Balaban J connectivity index is 2.49.